The summed E-state index contributed by atoms with van der Waals surface area (Å²) in [6.45, 7) is 0.0864. The van der Waals surface area contributed by atoms with Gasteiger partial charge in [0.15, 0.2) is 0 Å². The van der Waals surface area contributed by atoms with Crippen molar-refractivity contribution < 1.29 is 14.3 Å². The molecular formula is C9H18N4O3. The van der Waals surface area contributed by atoms with E-state index in [1.54, 1.807) is 0 Å². The molecular weight excluding hydrogens is 212 g/mol. The molecule has 1 amide bonds. The van der Waals surface area contributed by atoms with Gasteiger partial charge in [-0.25, -0.2) is 5.84 Å². The number of nitrogens with zero attached hydrogens (tertiary/aromatic N) is 1. The number of rotatable bonds is 6. The van der Waals surface area contributed by atoms with Crippen LogP contribution in [0.1, 0.15) is 25.7 Å². The first-order chi connectivity index (χ1) is 7.62. The van der Waals surface area contributed by atoms with Crippen molar-refractivity contribution in [2.45, 2.75) is 25.7 Å². The van der Waals surface area contributed by atoms with Gasteiger partial charge < -0.3 is 10.5 Å². The monoisotopic (exact) mass is 230 g/mol. The smallest absolute Gasteiger partial charge is 0.286 e. The van der Waals surface area contributed by atoms with E-state index >= 15 is 0 Å². The van der Waals surface area contributed by atoms with Crippen LogP contribution in [0, 0.1) is 11.5 Å². The number of amides is 1. The molecule has 0 radical (unpaired) electrons. The molecule has 0 spiro atoms. The van der Waals surface area contributed by atoms with Gasteiger partial charge in [-0.1, -0.05) is 0 Å². The third kappa shape index (κ3) is 14.9. The molecule has 0 aliphatic rings. The van der Waals surface area contributed by atoms with E-state index < -0.39 is 0 Å². The number of hydrogen-bond donors (Lipinski definition) is 3. The second kappa shape index (κ2) is 13.4. The normalized spacial score (nSPS) is 8.12. The third-order valence-electron chi connectivity index (χ3n) is 1.59. The Morgan fingerprint density at radius 1 is 1.38 bits per heavy atom. The molecule has 0 atom stereocenters. The van der Waals surface area contributed by atoms with Gasteiger partial charge in [0.2, 0.25) is 5.91 Å². The first kappa shape index (κ1) is 16.8. The fourth-order valence-electron chi connectivity index (χ4n) is 0.782. The first-order valence-corrected chi connectivity index (χ1v) is 4.75. The average Bonchev–Trinajstić information content (AvgIpc) is 2.34. The van der Waals surface area contributed by atoms with Gasteiger partial charge in [-0.15, -0.1) is 0 Å². The van der Waals surface area contributed by atoms with Crippen molar-refractivity contribution in [1.29, 1.82) is 5.26 Å². The van der Waals surface area contributed by atoms with Gasteiger partial charge in [0.25, 0.3) is 6.26 Å². The number of Topliss-reactive ketones (excluding diaryl/α,β-unsaturated/α-hetero) is 1. The van der Waals surface area contributed by atoms with Gasteiger partial charge in [-0.3, -0.25) is 15.0 Å². The van der Waals surface area contributed by atoms with Crippen LogP contribution in [-0.2, 0) is 14.3 Å². The van der Waals surface area contributed by atoms with E-state index in [0.29, 0.717) is 25.7 Å². The molecule has 0 heterocycles. The quantitative estimate of drug-likeness (QED) is 0.179. The minimum atomic E-state index is -0.199. The van der Waals surface area contributed by atoms with Crippen LogP contribution in [-0.4, -0.2) is 25.3 Å². The summed E-state index contributed by atoms with van der Waals surface area (Å²) in [5.74, 6) is 4.69. The maximum absolute atomic E-state index is 10.7. The first-order valence-electron chi connectivity index (χ1n) is 4.75. The van der Waals surface area contributed by atoms with Crippen LogP contribution >= 0.6 is 0 Å². The highest BCUT2D eigenvalue weighted by atomic mass is 16.5. The van der Waals surface area contributed by atoms with E-state index in [0.717, 1.165) is 0 Å². The molecule has 0 unspecified atom stereocenters. The summed E-state index contributed by atoms with van der Waals surface area (Å²) >= 11 is 0. The Hall–Kier alpha value is -1.65. The summed E-state index contributed by atoms with van der Waals surface area (Å²) in [6.07, 6.45) is 3.63. The van der Waals surface area contributed by atoms with E-state index in [1.165, 1.54) is 13.4 Å². The van der Waals surface area contributed by atoms with Crippen LogP contribution in [0.4, 0.5) is 0 Å². The number of hydrazine groups is 1. The third-order valence-corrected chi connectivity index (χ3v) is 1.59. The Morgan fingerprint density at radius 3 is 2.25 bits per heavy atom. The van der Waals surface area contributed by atoms with E-state index in [1.807, 2.05) is 5.43 Å². The van der Waals surface area contributed by atoms with Crippen molar-refractivity contribution in [1.82, 2.24) is 5.43 Å². The lowest BCUT2D eigenvalue weighted by Gasteiger charge is -1.98. The number of nitrogens with one attached hydrogen (secondary N) is 1. The van der Waals surface area contributed by atoms with Crippen molar-refractivity contribution in [2.75, 3.05) is 13.7 Å². The zero-order valence-electron chi connectivity index (χ0n) is 9.36. The number of carbonyl (C=O) groups is 2. The molecule has 0 aliphatic carbocycles. The number of hydrogen-bond acceptors (Lipinski definition) is 6. The summed E-state index contributed by atoms with van der Waals surface area (Å²) < 4.78 is 3.85. The number of ether oxygens (including phenoxy) is 1. The summed E-state index contributed by atoms with van der Waals surface area (Å²) in [6, 6.07) is 0. The Bertz CT molecular complexity index is 219. The van der Waals surface area contributed by atoms with Crippen LogP contribution < -0.4 is 17.0 Å². The lowest BCUT2D eigenvalue weighted by Crippen LogP contribution is -2.29. The second-order valence-electron chi connectivity index (χ2n) is 2.81. The van der Waals surface area contributed by atoms with E-state index in [4.69, 9.17) is 16.8 Å². The zero-order chi connectivity index (χ0) is 12.8. The minimum Gasteiger partial charge on any atom is -0.431 e. The number of carbonyl (C=O) groups excluding carboxylic acids is 2. The Morgan fingerprint density at radius 2 is 1.88 bits per heavy atom. The van der Waals surface area contributed by atoms with Gasteiger partial charge in [-0.2, -0.15) is 5.26 Å². The van der Waals surface area contributed by atoms with Crippen molar-refractivity contribution >= 4 is 11.7 Å². The molecule has 7 heteroatoms. The molecule has 0 aromatic heterocycles. The van der Waals surface area contributed by atoms with Gasteiger partial charge >= 0.3 is 0 Å². The SMILES string of the molecule is COC#N.NCC(=O)CCCCC(=O)NN. The minimum absolute atomic E-state index is 0.0307. The van der Waals surface area contributed by atoms with Gasteiger partial charge in [0, 0.05) is 12.8 Å². The summed E-state index contributed by atoms with van der Waals surface area (Å²) in [5.41, 5.74) is 7.11. The lowest BCUT2D eigenvalue weighted by atomic mass is 10.1. The lowest BCUT2D eigenvalue weighted by molar-refractivity contribution is -0.122. The highest BCUT2D eigenvalue weighted by molar-refractivity contribution is 5.80. The maximum atomic E-state index is 10.7. The van der Waals surface area contributed by atoms with E-state index in [-0.39, 0.29) is 18.2 Å². The molecule has 0 saturated carbocycles. The zero-order valence-corrected chi connectivity index (χ0v) is 9.36. The summed E-state index contributed by atoms with van der Waals surface area (Å²) in [5, 5.41) is 7.40. The molecule has 7 nitrogen and oxygen atoms in total. The summed E-state index contributed by atoms with van der Waals surface area (Å²) in [4.78, 5) is 21.3. The predicted molar refractivity (Wildman–Crippen MR) is 57.5 cm³/mol. The van der Waals surface area contributed by atoms with E-state index in [9.17, 15) is 9.59 Å². The molecule has 0 fully saturated rings. The molecule has 0 aliphatic heterocycles. The van der Waals surface area contributed by atoms with Crippen LogP contribution in [0.5, 0.6) is 0 Å². The largest absolute Gasteiger partial charge is 0.431 e. The Kier molecular flexibility index (Phi) is 14.0. The standard InChI is InChI=1S/C7H15N3O2.C2H3NO/c8-5-6(11)3-1-2-4-7(12)10-9;1-4-2-3/h1-5,8-9H2,(H,10,12);1H3. The van der Waals surface area contributed by atoms with Crippen LogP contribution in [0.2, 0.25) is 0 Å². The Labute approximate surface area is 94.7 Å². The molecule has 0 aromatic carbocycles. The Balaban J connectivity index is 0. The van der Waals surface area contributed by atoms with Crippen molar-refractivity contribution in [3.63, 3.8) is 0 Å². The number of ketones is 1. The molecule has 5 N–H and O–H groups in total. The topological polar surface area (TPSA) is 131 Å². The second-order valence-corrected chi connectivity index (χ2v) is 2.81. The summed E-state index contributed by atoms with van der Waals surface area (Å²) in [7, 11) is 1.32. The fraction of sp³-hybridized carbons (Fsp3) is 0.667. The molecule has 16 heavy (non-hydrogen) atoms. The molecule has 0 rings (SSSR count). The van der Waals surface area contributed by atoms with Gasteiger partial charge in [0.05, 0.1) is 13.7 Å². The highest BCUT2D eigenvalue weighted by Gasteiger charge is 2.00. The number of unbranched alkanes of at least 4 members (excludes halogenated alkanes) is 1. The van der Waals surface area contributed by atoms with Gasteiger partial charge in [-0.05, 0) is 12.8 Å². The van der Waals surface area contributed by atoms with Crippen molar-refractivity contribution in [2.24, 2.45) is 11.6 Å². The molecule has 0 saturated heterocycles. The number of nitriles is 1. The average molecular weight is 230 g/mol. The van der Waals surface area contributed by atoms with Crippen molar-refractivity contribution in [3.8, 4) is 6.26 Å². The molecule has 92 valence electrons. The fourth-order valence-corrected chi connectivity index (χ4v) is 0.782. The number of nitrogens with two attached hydrogens (primary N) is 2. The molecule has 0 bridgehead atoms. The maximum Gasteiger partial charge on any atom is 0.286 e. The van der Waals surface area contributed by atoms with Crippen LogP contribution in [0.3, 0.4) is 0 Å². The predicted octanol–water partition coefficient (Wildman–Crippen LogP) is -0.822. The van der Waals surface area contributed by atoms with Crippen LogP contribution in [0.25, 0.3) is 0 Å². The highest BCUT2D eigenvalue weighted by Crippen LogP contribution is 1.99. The van der Waals surface area contributed by atoms with E-state index in [2.05, 4.69) is 4.74 Å². The van der Waals surface area contributed by atoms with Gasteiger partial charge in [0.1, 0.15) is 5.78 Å². The molecule has 0 aromatic rings. The van der Waals surface area contributed by atoms with Crippen molar-refractivity contribution in [3.05, 3.63) is 0 Å². The van der Waals surface area contributed by atoms with Crippen LogP contribution in [0.15, 0.2) is 0 Å². The number of methoxy groups -OCH3 is 1.